The van der Waals surface area contributed by atoms with Crippen LogP contribution >= 0.6 is 0 Å². The molecule has 6 heteroatoms. The SMILES string of the molecule is CC1(C)[C@@H]2CC[C@@]1(C)[C@H](OC(=O)C[N+]1(CC(=O)O[C@H]3C[C@@H]4CC[C@@]3(C)C4(C)C)CCOCC1)C2. The Morgan fingerprint density at radius 2 is 1.18 bits per heavy atom. The van der Waals surface area contributed by atoms with E-state index in [-0.39, 0.29) is 58.9 Å². The maximum absolute atomic E-state index is 13.2. The molecule has 4 bridgehead atoms. The van der Waals surface area contributed by atoms with Gasteiger partial charge in [-0.15, -0.1) is 0 Å². The minimum absolute atomic E-state index is 0.0157. The van der Waals surface area contributed by atoms with Crippen molar-refractivity contribution >= 4 is 11.9 Å². The lowest BCUT2D eigenvalue weighted by atomic mass is 9.70. The molecule has 1 saturated heterocycles. The summed E-state index contributed by atoms with van der Waals surface area (Å²) in [5.41, 5.74) is 0.507. The summed E-state index contributed by atoms with van der Waals surface area (Å²) in [6, 6.07) is 0. The van der Waals surface area contributed by atoms with Gasteiger partial charge in [0.2, 0.25) is 0 Å². The van der Waals surface area contributed by atoms with E-state index in [2.05, 4.69) is 41.5 Å². The molecular formula is C28H46NO5+. The Morgan fingerprint density at radius 1 is 0.765 bits per heavy atom. The number of hydrogen-bond acceptors (Lipinski definition) is 5. The Morgan fingerprint density at radius 3 is 1.50 bits per heavy atom. The zero-order valence-corrected chi connectivity index (χ0v) is 22.3. The number of hydrogen-bond donors (Lipinski definition) is 0. The quantitative estimate of drug-likeness (QED) is 0.421. The molecule has 0 radical (unpaired) electrons. The summed E-state index contributed by atoms with van der Waals surface area (Å²) in [7, 11) is 0. The Kier molecular flexibility index (Phi) is 5.73. The van der Waals surface area contributed by atoms with E-state index in [0.29, 0.717) is 42.6 Å². The predicted molar refractivity (Wildman–Crippen MR) is 129 cm³/mol. The van der Waals surface area contributed by atoms with Crippen LogP contribution in [0.25, 0.3) is 0 Å². The Balaban J connectivity index is 1.23. The van der Waals surface area contributed by atoms with Crippen LogP contribution in [0.2, 0.25) is 0 Å². The summed E-state index contributed by atoms with van der Waals surface area (Å²) in [5.74, 6) is 0.919. The van der Waals surface area contributed by atoms with E-state index in [4.69, 9.17) is 14.2 Å². The smallest absolute Gasteiger partial charge is 0.362 e. The van der Waals surface area contributed by atoms with Gasteiger partial charge in [0, 0.05) is 10.8 Å². The number of nitrogens with zero attached hydrogens (tertiary/aromatic N) is 1. The fourth-order valence-corrected chi connectivity index (χ4v) is 8.66. The van der Waals surface area contributed by atoms with Gasteiger partial charge in [0.25, 0.3) is 0 Å². The number of quaternary nitrogens is 1. The number of carbonyl (C=O) groups excluding carboxylic acids is 2. The van der Waals surface area contributed by atoms with E-state index >= 15 is 0 Å². The van der Waals surface area contributed by atoms with Gasteiger partial charge < -0.3 is 18.7 Å². The molecule has 5 rings (SSSR count). The van der Waals surface area contributed by atoms with Crippen LogP contribution in [0.1, 0.15) is 80.1 Å². The van der Waals surface area contributed by atoms with E-state index in [1.165, 1.54) is 12.8 Å². The largest absolute Gasteiger partial charge is 0.458 e. The number of morpholine rings is 1. The predicted octanol–water partition coefficient (Wildman–Crippen LogP) is 4.35. The number of ether oxygens (including phenoxy) is 3. The summed E-state index contributed by atoms with van der Waals surface area (Å²) in [5, 5.41) is 0. The van der Waals surface area contributed by atoms with E-state index in [9.17, 15) is 9.59 Å². The highest BCUT2D eigenvalue weighted by Crippen LogP contribution is 2.67. The lowest BCUT2D eigenvalue weighted by molar-refractivity contribution is -0.921. The molecule has 6 atom stereocenters. The molecule has 0 aromatic carbocycles. The van der Waals surface area contributed by atoms with Crippen LogP contribution in [-0.2, 0) is 23.8 Å². The topological polar surface area (TPSA) is 61.8 Å². The standard InChI is InChI=1S/C28H46NO5/c1-25(2)19-7-9-27(25,5)21(15-19)33-23(30)17-29(11-13-32-14-12-29)18-24(31)34-22-16-20-8-10-28(22,6)26(20,3)4/h19-22H,7-18H2,1-6H3/q+1/t19-,20+,21-,22+,27+,28-. The molecule has 1 heterocycles. The number of carbonyl (C=O) groups is 2. The highest BCUT2D eigenvalue weighted by molar-refractivity contribution is 5.73. The average Bonchev–Trinajstić information content (AvgIpc) is 3.26. The van der Waals surface area contributed by atoms with E-state index in [1.807, 2.05) is 0 Å². The monoisotopic (exact) mass is 476 g/mol. The summed E-state index contributed by atoms with van der Waals surface area (Å²) in [6.07, 6.45) is 6.63. The molecule has 4 saturated carbocycles. The van der Waals surface area contributed by atoms with Gasteiger partial charge in [-0.2, -0.15) is 0 Å². The number of fused-ring (bicyclic) bond motifs is 4. The van der Waals surface area contributed by atoms with Crippen molar-refractivity contribution in [2.24, 2.45) is 33.5 Å². The fraction of sp³-hybridized carbons (Fsp3) is 0.929. The van der Waals surface area contributed by atoms with Crippen LogP contribution in [-0.4, -0.2) is 68.0 Å². The molecular weight excluding hydrogens is 430 g/mol. The van der Waals surface area contributed by atoms with E-state index in [0.717, 1.165) is 25.7 Å². The second-order valence-electron chi connectivity index (χ2n) is 13.9. The van der Waals surface area contributed by atoms with Gasteiger partial charge in [-0.05, 0) is 61.2 Å². The lowest BCUT2D eigenvalue weighted by Gasteiger charge is -2.42. The summed E-state index contributed by atoms with van der Waals surface area (Å²) in [4.78, 5) is 26.5. The van der Waals surface area contributed by atoms with Crippen molar-refractivity contribution in [1.29, 1.82) is 0 Å². The molecule has 1 aliphatic heterocycles. The van der Waals surface area contributed by atoms with E-state index < -0.39 is 0 Å². The maximum Gasteiger partial charge on any atom is 0.362 e. The van der Waals surface area contributed by atoms with Crippen molar-refractivity contribution < 1.29 is 28.3 Å². The Bertz CT molecular complexity index is 784. The van der Waals surface area contributed by atoms with Gasteiger partial charge in [-0.25, -0.2) is 9.59 Å². The van der Waals surface area contributed by atoms with Crippen molar-refractivity contribution in [2.75, 3.05) is 39.4 Å². The Hall–Kier alpha value is -1.14. The van der Waals surface area contributed by atoms with E-state index in [1.54, 1.807) is 0 Å². The fourth-order valence-electron chi connectivity index (χ4n) is 8.66. The molecule has 0 amide bonds. The molecule has 34 heavy (non-hydrogen) atoms. The van der Waals surface area contributed by atoms with Crippen LogP contribution in [0.15, 0.2) is 0 Å². The highest BCUT2D eigenvalue weighted by Gasteiger charge is 2.64. The van der Waals surface area contributed by atoms with Crippen LogP contribution in [0.5, 0.6) is 0 Å². The molecule has 192 valence electrons. The molecule has 5 fully saturated rings. The molecule has 5 aliphatic rings. The second-order valence-corrected chi connectivity index (χ2v) is 13.9. The Labute approximate surface area is 205 Å². The molecule has 0 unspecified atom stereocenters. The third-order valence-corrected chi connectivity index (χ3v) is 12.3. The normalized spacial score (nSPS) is 43.1. The first-order valence-electron chi connectivity index (χ1n) is 13.6. The third kappa shape index (κ3) is 3.48. The maximum atomic E-state index is 13.2. The van der Waals surface area contributed by atoms with Crippen LogP contribution in [0.3, 0.4) is 0 Å². The molecule has 0 aromatic heterocycles. The van der Waals surface area contributed by atoms with Crippen molar-refractivity contribution in [2.45, 2.75) is 92.3 Å². The van der Waals surface area contributed by atoms with Gasteiger partial charge >= 0.3 is 11.9 Å². The van der Waals surface area contributed by atoms with Crippen molar-refractivity contribution in [3.63, 3.8) is 0 Å². The minimum Gasteiger partial charge on any atom is -0.458 e. The summed E-state index contributed by atoms with van der Waals surface area (Å²) >= 11 is 0. The molecule has 6 nitrogen and oxygen atoms in total. The van der Waals surface area contributed by atoms with Crippen molar-refractivity contribution in [3.8, 4) is 0 Å². The number of esters is 2. The van der Waals surface area contributed by atoms with Gasteiger partial charge in [0.05, 0.1) is 13.2 Å². The van der Waals surface area contributed by atoms with Crippen LogP contribution < -0.4 is 0 Å². The zero-order chi connectivity index (χ0) is 24.6. The van der Waals surface area contributed by atoms with Gasteiger partial charge in [0.1, 0.15) is 25.3 Å². The van der Waals surface area contributed by atoms with Gasteiger partial charge in [-0.3, -0.25) is 0 Å². The molecule has 4 aliphatic carbocycles. The lowest BCUT2D eigenvalue weighted by Crippen LogP contribution is -2.60. The molecule has 0 N–H and O–H groups in total. The zero-order valence-electron chi connectivity index (χ0n) is 22.3. The molecule has 0 aromatic rings. The first-order chi connectivity index (χ1) is 15.8. The number of rotatable bonds is 6. The minimum atomic E-state index is -0.169. The summed E-state index contributed by atoms with van der Waals surface area (Å²) in [6.45, 7) is 16.8. The van der Waals surface area contributed by atoms with Crippen molar-refractivity contribution in [3.05, 3.63) is 0 Å². The second kappa shape index (κ2) is 7.93. The highest BCUT2D eigenvalue weighted by atomic mass is 16.6. The van der Waals surface area contributed by atoms with Crippen LogP contribution in [0.4, 0.5) is 0 Å². The molecule has 0 spiro atoms. The van der Waals surface area contributed by atoms with Crippen molar-refractivity contribution in [1.82, 2.24) is 0 Å². The summed E-state index contributed by atoms with van der Waals surface area (Å²) < 4.78 is 18.3. The van der Waals surface area contributed by atoms with Gasteiger partial charge in [-0.1, -0.05) is 41.5 Å². The average molecular weight is 477 g/mol. The first kappa shape index (κ1) is 24.5. The third-order valence-electron chi connectivity index (χ3n) is 12.3. The van der Waals surface area contributed by atoms with Crippen LogP contribution in [0, 0.1) is 33.5 Å². The van der Waals surface area contributed by atoms with Gasteiger partial charge in [0.15, 0.2) is 13.1 Å². The first-order valence-corrected chi connectivity index (χ1v) is 13.6.